The second-order valence-corrected chi connectivity index (χ2v) is 7.55. The van der Waals surface area contributed by atoms with Crippen molar-refractivity contribution in [1.82, 2.24) is 10.2 Å². The number of hydrogen-bond acceptors (Lipinski definition) is 3. The molecule has 2 rings (SSSR count). The van der Waals surface area contributed by atoms with Gasteiger partial charge in [0.2, 0.25) is 0 Å². The summed E-state index contributed by atoms with van der Waals surface area (Å²) in [4.78, 5) is 2.69. The number of hydrogen-bond donors (Lipinski definition) is 1. The summed E-state index contributed by atoms with van der Waals surface area (Å²) in [5.74, 6) is 0.728. The van der Waals surface area contributed by atoms with Gasteiger partial charge in [-0.3, -0.25) is 4.90 Å². The molecule has 3 heteroatoms. The molecule has 1 saturated heterocycles. The third-order valence-electron chi connectivity index (χ3n) is 6.06. The molecular weight excluding hydrogens is 260 g/mol. The Morgan fingerprint density at radius 1 is 1.24 bits per heavy atom. The zero-order valence-electron chi connectivity index (χ0n) is 14.8. The molecule has 0 aromatic heterocycles. The molecule has 21 heavy (non-hydrogen) atoms. The van der Waals surface area contributed by atoms with E-state index in [2.05, 4.69) is 44.8 Å². The van der Waals surface area contributed by atoms with E-state index in [0.29, 0.717) is 23.6 Å². The van der Waals surface area contributed by atoms with Crippen molar-refractivity contribution in [3.8, 4) is 0 Å². The summed E-state index contributed by atoms with van der Waals surface area (Å²) in [6.45, 7) is 16.1. The van der Waals surface area contributed by atoms with Gasteiger partial charge in [-0.2, -0.15) is 0 Å². The molecule has 0 amide bonds. The molecule has 1 N–H and O–H groups in total. The molecule has 0 aromatic rings. The second kappa shape index (κ2) is 7.43. The number of nitrogens with zero attached hydrogens (tertiary/aromatic N) is 1. The lowest BCUT2D eigenvalue weighted by Gasteiger charge is -2.54. The molecule has 0 radical (unpaired) electrons. The van der Waals surface area contributed by atoms with Crippen LogP contribution in [0.5, 0.6) is 0 Å². The Labute approximate surface area is 131 Å². The van der Waals surface area contributed by atoms with Gasteiger partial charge in [0.15, 0.2) is 0 Å². The minimum absolute atomic E-state index is 0.322. The highest BCUT2D eigenvalue weighted by Gasteiger charge is 2.50. The van der Waals surface area contributed by atoms with Crippen molar-refractivity contribution in [3.63, 3.8) is 0 Å². The fraction of sp³-hybridized carbons (Fsp3) is 1.00. The van der Waals surface area contributed by atoms with E-state index >= 15 is 0 Å². The van der Waals surface area contributed by atoms with Gasteiger partial charge in [0, 0.05) is 30.7 Å². The summed E-state index contributed by atoms with van der Waals surface area (Å²) < 4.78 is 5.92. The van der Waals surface area contributed by atoms with Gasteiger partial charge < -0.3 is 10.1 Å². The number of likely N-dealkylation sites (tertiary alicyclic amines) is 1. The Hall–Kier alpha value is -0.120. The van der Waals surface area contributed by atoms with Gasteiger partial charge in [0.1, 0.15) is 0 Å². The van der Waals surface area contributed by atoms with Crippen LogP contribution in [-0.2, 0) is 4.74 Å². The van der Waals surface area contributed by atoms with Crippen LogP contribution in [0.2, 0.25) is 0 Å². The standard InChI is InChI=1S/C18H36N2O/c1-6-18(5)16(12-17(18)21-7-2)19-13-15(14(3)4)20-10-8-9-11-20/h14-17,19H,6-13H2,1-5H3. The van der Waals surface area contributed by atoms with Crippen molar-refractivity contribution in [1.29, 1.82) is 0 Å². The smallest absolute Gasteiger partial charge is 0.0658 e. The minimum atomic E-state index is 0.322. The van der Waals surface area contributed by atoms with Crippen molar-refractivity contribution in [2.24, 2.45) is 11.3 Å². The average molecular weight is 296 g/mol. The van der Waals surface area contributed by atoms with E-state index in [1.165, 1.54) is 38.8 Å². The Kier molecular flexibility index (Phi) is 6.10. The Balaban J connectivity index is 1.86. The van der Waals surface area contributed by atoms with Gasteiger partial charge in [0.05, 0.1) is 6.10 Å². The highest BCUT2D eigenvalue weighted by atomic mass is 16.5. The summed E-state index contributed by atoms with van der Waals surface area (Å²) in [6.07, 6.45) is 5.60. The zero-order chi connectivity index (χ0) is 15.5. The van der Waals surface area contributed by atoms with E-state index in [9.17, 15) is 0 Å². The lowest BCUT2D eigenvalue weighted by Crippen LogP contribution is -2.63. The molecule has 1 heterocycles. The van der Waals surface area contributed by atoms with Gasteiger partial charge in [-0.1, -0.05) is 27.7 Å². The maximum absolute atomic E-state index is 5.92. The quantitative estimate of drug-likeness (QED) is 0.744. The van der Waals surface area contributed by atoms with Crippen molar-refractivity contribution in [2.45, 2.75) is 78.5 Å². The summed E-state index contributed by atoms with van der Waals surface area (Å²) in [5.41, 5.74) is 0.322. The SMILES string of the molecule is CCOC1CC(NCC(C(C)C)N2CCCC2)C1(C)CC. The fourth-order valence-electron chi connectivity index (χ4n) is 4.19. The minimum Gasteiger partial charge on any atom is -0.378 e. The maximum atomic E-state index is 5.92. The Bertz CT molecular complexity index is 314. The number of nitrogens with one attached hydrogen (secondary N) is 1. The summed E-state index contributed by atoms with van der Waals surface area (Å²) in [7, 11) is 0. The Morgan fingerprint density at radius 2 is 1.90 bits per heavy atom. The first-order chi connectivity index (χ1) is 10.0. The molecule has 1 saturated carbocycles. The van der Waals surface area contributed by atoms with Crippen molar-refractivity contribution >= 4 is 0 Å². The summed E-state index contributed by atoms with van der Waals surface area (Å²) in [5, 5.41) is 3.89. The third-order valence-corrected chi connectivity index (χ3v) is 6.06. The lowest BCUT2D eigenvalue weighted by molar-refractivity contribution is -0.126. The van der Waals surface area contributed by atoms with Crippen LogP contribution in [0.25, 0.3) is 0 Å². The molecule has 0 bridgehead atoms. The molecule has 124 valence electrons. The average Bonchev–Trinajstić information content (AvgIpc) is 2.98. The number of rotatable bonds is 8. The molecule has 0 aromatic carbocycles. The monoisotopic (exact) mass is 296 g/mol. The van der Waals surface area contributed by atoms with E-state index in [0.717, 1.165) is 19.1 Å². The molecule has 0 spiro atoms. The van der Waals surface area contributed by atoms with Crippen LogP contribution in [-0.4, -0.2) is 49.3 Å². The second-order valence-electron chi connectivity index (χ2n) is 7.55. The van der Waals surface area contributed by atoms with Crippen LogP contribution in [0.15, 0.2) is 0 Å². The van der Waals surface area contributed by atoms with E-state index in [1.807, 2.05) is 0 Å². The topological polar surface area (TPSA) is 24.5 Å². The summed E-state index contributed by atoms with van der Waals surface area (Å²) >= 11 is 0. The van der Waals surface area contributed by atoms with Crippen LogP contribution in [0, 0.1) is 11.3 Å². The van der Waals surface area contributed by atoms with Crippen LogP contribution in [0.3, 0.4) is 0 Å². The first kappa shape index (κ1) is 17.2. The molecule has 4 atom stereocenters. The third kappa shape index (κ3) is 3.62. The predicted molar refractivity (Wildman–Crippen MR) is 89.7 cm³/mol. The molecule has 1 aliphatic heterocycles. The predicted octanol–water partition coefficient (Wildman–Crippen LogP) is 3.29. The first-order valence-electron chi connectivity index (χ1n) is 9.12. The largest absolute Gasteiger partial charge is 0.378 e. The van der Waals surface area contributed by atoms with Crippen LogP contribution in [0.4, 0.5) is 0 Å². The number of ether oxygens (including phenoxy) is 1. The van der Waals surface area contributed by atoms with Crippen LogP contribution < -0.4 is 5.32 Å². The maximum Gasteiger partial charge on any atom is 0.0658 e. The van der Waals surface area contributed by atoms with Gasteiger partial charge >= 0.3 is 0 Å². The molecule has 4 unspecified atom stereocenters. The van der Waals surface area contributed by atoms with E-state index in [1.54, 1.807) is 0 Å². The zero-order valence-corrected chi connectivity index (χ0v) is 14.8. The van der Waals surface area contributed by atoms with Crippen molar-refractivity contribution in [3.05, 3.63) is 0 Å². The van der Waals surface area contributed by atoms with E-state index < -0.39 is 0 Å². The van der Waals surface area contributed by atoms with E-state index in [-0.39, 0.29) is 0 Å². The van der Waals surface area contributed by atoms with Gasteiger partial charge in [-0.05, 0) is 51.6 Å². The van der Waals surface area contributed by atoms with Crippen LogP contribution >= 0.6 is 0 Å². The van der Waals surface area contributed by atoms with Gasteiger partial charge in [0.25, 0.3) is 0 Å². The van der Waals surface area contributed by atoms with Crippen LogP contribution in [0.1, 0.15) is 60.3 Å². The molecular formula is C18H36N2O. The molecule has 2 fully saturated rings. The first-order valence-corrected chi connectivity index (χ1v) is 9.12. The fourth-order valence-corrected chi connectivity index (χ4v) is 4.19. The molecule has 2 aliphatic rings. The highest BCUT2D eigenvalue weighted by Crippen LogP contribution is 2.45. The van der Waals surface area contributed by atoms with Gasteiger partial charge in [-0.25, -0.2) is 0 Å². The highest BCUT2D eigenvalue weighted by molar-refractivity contribution is 5.05. The normalized spacial score (nSPS) is 35.1. The summed E-state index contributed by atoms with van der Waals surface area (Å²) in [6, 6.07) is 1.32. The lowest BCUT2D eigenvalue weighted by atomic mass is 9.61. The molecule has 3 nitrogen and oxygen atoms in total. The Morgan fingerprint density at radius 3 is 2.43 bits per heavy atom. The van der Waals surface area contributed by atoms with Crippen molar-refractivity contribution < 1.29 is 4.74 Å². The van der Waals surface area contributed by atoms with Crippen molar-refractivity contribution in [2.75, 3.05) is 26.2 Å². The van der Waals surface area contributed by atoms with Gasteiger partial charge in [-0.15, -0.1) is 0 Å². The van der Waals surface area contributed by atoms with E-state index in [4.69, 9.17) is 4.74 Å². The molecule has 1 aliphatic carbocycles.